The van der Waals surface area contributed by atoms with E-state index >= 15 is 0 Å². The molecule has 1 heterocycles. The molecular weight excluding hydrogens is 392 g/mol. The summed E-state index contributed by atoms with van der Waals surface area (Å²) in [5.74, 6) is -0.664. The number of amides is 1. The van der Waals surface area contributed by atoms with Gasteiger partial charge in [0, 0.05) is 13.5 Å². The van der Waals surface area contributed by atoms with Crippen molar-refractivity contribution >= 4 is 37.3 Å². The van der Waals surface area contributed by atoms with Crippen LogP contribution < -0.4 is 4.80 Å². The van der Waals surface area contributed by atoms with Crippen molar-refractivity contribution in [3.05, 3.63) is 58.9 Å². The van der Waals surface area contributed by atoms with Gasteiger partial charge in [0.2, 0.25) is 5.91 Å². The minimum Gasteiger partial charge on any atom is -0.319 e. The number of hydrogen-bond donors (Lipinski definition) is 0. The Bertz CT molecular complexity index is 1140. The Kier molecular flexibility index (Phi) is 6.46. The van der Waals surface area contributed by atoms with Crippen molar-refractivity contribution in [3.8, 4) is 0 Å². The molecule has 1 amide bonds. The smallest absolute Gasteiger partial charge is 0.249 e. The molecule has 0 fully saturated rings. The lowest BCUT2D eigenvalue weighted by Gasteiger charge is -2.02. The molecule has 5 nitrogen and oxygen atoms in total. The topological polar surface area (TPSA) is 68.5 Å². The van der Waals surface area contributed by atoms with Crippen LogP contribution in [0.4, 0.5) is 0 Å². The van der Waals surface area contributed by atoms with Gasteiger partial charge < -0.3 is 4.57 Å². The van der Waals surface area contributed by atoms with E-state index in [0.29, 0.717) is 4.80 Å². The number of aryl methyl sites for hydroxylation is 2. The highest BCUT2D eigenvalue weighted by Gasteiger charge is 2.16. The highest BCUT2D eigenvalue weighted by molar-refractivity contribution is 7.91. The summed E-state index contributed by atoms with van der Waals surface area (Å²) in [5.41, 5.74) is 2.30. The summed E-state index contributed by atoms with van der Waals surface area (Å²) in [7, 11) is -1.61. The third-order valence-corrected chi connectivity index (χ3v) is 7.43. The monoisotopic (exact) mass is 416 g/mol. The highest BCUT2D eigenvalue weighted by atomic mass is 32.2. The summed E-state index contributed by atoms with van der Waals surface area (Å²) in [6.07, 6.45) is 3.20. The van der Waals surface area contributed by atoms with Crippen molar-refractivity contribution in [2.24, 2.45) is 12.0 Å². The van der Waals surface area contributed by atoms with Crippen molar-refractivity contribution < 1.29 is 13.2 Å². The largest absolute Gasteiger partial charge is 0.319 e. The van der Waals surface area contributed by atoms with Gasteiger partial charge >= 0.3 is 0 Å². The zero-order valence-electron chi connectivity index (χ0n) is 16.1. The van der Waals surface area contributed by atoms with E-state index in [1.807, 2.05) is 11.6 Å². The van der Waals surface area contributed by atoms with E-state index in [0.717, 1.165) is 29.5 Å². The van der Waals surface area contributed by atoms with E-state index < -0.39 is 15.7 Å². The highest BCUT2D eigenvalue weighted by Crippen LogP contribution is 2.19. The number of nitrogens with zero attached hydrogens (tertiary/aromatic N) is 2. The summed E-state index contributed by atoms with van der Waals surface area (Å²) in [6.45, 7) is 2.17. The number of thiazole rings is 1. The van der Waals surface area contributed by atoms with Gasteiger partial charge in [0.15, 0.2) is 14.6 Å². The number of unbranched alkanes of at least 4 members (excludes halogenated alkanes) is 1. The molecule has 7 heteroatoms. The van der Waals surface area contributed by atoms with Gasteiger partial charge in [-0.25, -0.2) is 8.42 Å². The number of rotatable bonds is 7. The Hall–Kier alpha value is -2.25. The average molecular weight is 417 g/mol. The number of fused-ring (bicyclic) bond motifs is 1. The molecule has 0 saturated heterocycles. The van der Waals surface area contributed by atoms with Crippen LogP contribution in [0.1, 0.15) is 31.7 Å². The van der Waals surface area contributed by atoms with Crippen molar-refractivity contribution in [2.45, 2.75) is 37.5 Å². The van der Waals surface area contributed by atoms with E-state index in [4.69, 9.17) is 0 Å². The second-order valence-corrected chi connectivity index (χ2v) is 9.85. The molecule has 2 aromatic carbocycles. The van der Waals surface area contributed by atoms with Crippen LogP contribution in [0.5, 0.6) is 0 Å². The maximum Gasteiger partial charge on any atom is 0.249 e. The Morgan fingerprint density at radius 2 is 1.89 bits per heavy atom. The Morgan fingerprint density at radius 3 is 2.61 bits per heavy atom. The van der Waals surface area contributed by atoms with Gasteiger partial charge in [0.05, 0.1) is 20.9 Å². The number of benzene rings is 2. The lowest BCUT2D eigenvalue weighted by Crippen LogP contribution is -2.15. The van der Waals surface area contributed by atoms with Crippen molar-refractivity contribution in [3.63, 3.8) is 0 Å². The number of sulfone groups is 1. The first-order valence-corrected chi connectivity index (χ1v) is 11.8. The first-order valence-electron chi connectivity index (χ1n) is 9.34. The van der Waals surface area contributed by atoms with Gasteiger partial charge in [-0.1, -0.05) is 48.9 Å². The molecule has 0 bridgehead atoms. The van der Waals surface area contributed by atoms with Crippen LogP contribution in [0, 0.1) is 0 Å². The Morgan fingerprint density at radius 1 is 1.14 bits per heavy atom. The number of aromatic nitrogens is 1. The molecule has 0 aliphatic heterocycles. The Labute approximate surface area is 169 Å². The fourth-order valence-electron chi connectivity index (χ4n) is 2.95. The summed E-state index contributed by atoms with van der Waals surface area (Å²) in [5, 5.41) is 0. The van der Waals surface area contributed by atoms with E-state index in [2.05, 4.69) is 30.1 Å². The lowest BCUT2D eigenvalue weighted by molar-refractivity contribution is -0.117. The number of carbonyl (C=O) groups excluding carboxylic acids is 1. The van der Waals surface area contributed by atoms with E-state index in [9.17, 15) is 13.2 Å². The van der Waals surface area contributed by atoms with Gasteiger partial charge in [0.25, 0.3) is 0 Å². The van der Waals surface area contributed by atoms with Crippen LogP contribution in [0.2, 0.25) is 0 Å². The van der Waals surface area contributed by atoms with Gasteiger partial charge in [0.1, 0.15) is 0 Å². The summed E-state index contributed by atoms with van der Waals surface area (Å²) < 4.78 is 27.6. The zero-order chi connectivity index (χ0) is 20.1. The minimum absolute atomic E-state index is 0.132. The van der Waals surface area contributed by atoms with Gasteiger partial charge in [-0.3, -0.25) is 4.79 Å². The van der Waals surface area contributed by atoms with Gasteiger partial charge in [-0.05, 0) is 42.7 Å². The van der Waals surface area contributed by atoms with Crippen LogP contribution in [0.15, 0.2) is 58.4 Å². The maximum absolute atomic E-state index is 12.3. The normalized spacial score (nSPS) is 12.6. The van der Waals surface area contributed by atoms with E-state index in [-0.39, 0.29) is 17.1 Å². The van der Waals surface area contributed by atoms with E-state index in [1.54, 1.807) is 30.3 Å². The minimum atomic E-state index is -3.48. The lowest BCUT2D eigenvalue weighted by atomic mass is 10.1. The third-order valence-electron chi connectivity index (χ3n) is 4.60. The third kappa shape index (κ3) is 4.77. The van der Waals surface area contributed by atoms with Crippen molar-refractivity contribution in [2.75, 3.05) is 5.75 Å². The second-order valence-electron chi connectivity index (χ2n) is 6.74. The predicted octanol–water partition coefficient (Wildman–Crippen LogP) is 3.87. The molecule has 0 radical (unpaired) electrons. The van der Waals surface area contributed by atoms with Crippen LogP contribution in [-0.4, -0.2) is 24.6 Å². The average Bonchev–Trinajstić information content (AvgIpc) is 3.00. The van der Waals surface area contributed by atoms with Gasteiger partial charge in [-0.2, -0.15) is 4.99 Å². The fraction of sp³-hybridized carbons (Fsp3) is 0.333. The van der Waals surface area contributed by atoms with Crippen molar-refractivity contribution in [1.82, 2.24) is 4.57 Å². The summed E-state index contributed by atoms with van der Waals surface area (Å²) in [4.78, 5) is 17.3. The quantitative estimate of drug-likeness (QED) is 0.587. The zero-order valence-corrected chi connectivity index (χ0v) is 17.7. The molecule has 0 aliphatic carbocycles. The molecule has 148 valence electrons. The molecule has 28 heavy (non-hydrogen) atoms. The van der Waals surface area contributed by atoms with Crippen molar-refractivity contribution in [1.29, 1.82) is 0 Å². The first kappa shape index (κ1) is 20.5. The first-order chi connectivity index (χ1) is 13.4. The standard InChI is InChI=1S/C21H24N2O3S2/c1-3-4-8-16-11-12-18-19(15-16)27-21(23(18)2)22-20(24)13-14-28(25,26)17-9-6-5-7-10-17/h5-7,9-12,15H,3-4,8,13-14H2,1-2H3. The maximum atomic E-state index is 12.3. The molecule has 3 rings (SSSR count). The van der Waals surface area contributed by atoms with Gasteiger partial charge in [-0.15, -0.1) is 0 Å². The van der Waals surface area contributed by atoms with Crippen LogP contribution in [0.3, 0.4) is 0 Å². The second kappa shape index (κ2) is 8.84. The summed E-state index contributed by atoms with van der Waals surface area (Å²) in [6, 6.07) is 14.5. The molecule has 0 N–H and O–H groups in total. The molecule has 0 aliphatic rings. The molecular formula is C21H24N2O3S2. The summed E-state index contributed by atoms with van der Waals surface area (Å²) >= 11 is 1.46. The molecule has 0 unspecified atom stereocenters. The van der Waals surface area contributed by atoms with Crippen LogP contribution >= 0.6 is 11.3 Å². The van der Waals surface area contributed by atoms with Crippen LogP contribution in [-0.2, 0) is 28.1 Å². The molecule has 0 spiro atoms. The molecule has 3 aromatic rings. The predicted molar refractivity (Wildman–Crippen MR) is 113 cm³/mol. The van der Waals surface area contributed by atoms with E-state index in [1.165, 1.54) is 16.9 Å². The fourth-order valence-corrected chi connectivity index (χ4v) is 5.30. The number of carbonyl (C=O) groups is 1. The SMILES string of the molecule is CCCCc1ccc2c(c1)sc(=NC(=O)CCS(=O)(=O)c1ccccc1)n2C. The Balaban J connectivity index is 1.78. The molecule has 0 saturated carbocycles. The molecule has 1 aromatic heterocycles. The van der Waals surface area contributed by atoms with Crippen LogP contribution in [0.25, 0.3) is 10.2 Å². The molecule has 0 atom stereocenters. The number of hydrogen-bond acceptors (Lipinski definition) is 4.